The van der Waals surface area contributed by atoms with Gasteiger partial charge in [-0.05, 0) is 46.0 Å². The van der Waals surface area contributed by atoms with Crippen LogP contribution in [0.2, 0.25) is 0 Å². The van der Waals surface area contributed by atoms with Crippen LogP contribution in [-0.2, 0) is 4.79 Å². The van der Waals surface area contributed by atoms with Crippen LogP contribution in [0.15, 0.2) is 36.4 Å². The van der Waals surface area contributed by atoms with Crippen molar-refractivity contribution >= 4 is 16.7 Å². The van der Waals surface area contributed by atoms with Crippen LogP contribution >= 0.6 is 0 Å². The predicted octanol–water partition coefficient (Wildman–Crippen LogP) is 3.60. The van der Waals surface area contributed by atoms with Gasteiger partial charge >= 0.3 is 0 Å². The number of hydrogen-bond acceptors (Lipinski definition) is 4. The van der Waals surface area contributed by atoms with Crippen LogP contribution in [0.4, 0.5) is 0 Å². The molecule has 1 N–H and O–H groups in total. The minimum absolute atomic E-state index is 0.0614. The number of ether oxygens (including phenoxy) is 2. The fraction of sp³-hybridized carbons (Fsp3) is 0.500. The molecule has 3 rings (SSSR count). The fourth-order valence-corrected chi connectivity index (χ4v) is 3.97. The second kappa shape index (κ2) is 8.61. The molecule has 0 aliphatic heterocycles. The number of rotatable bonds is 6. The number of carbonyl (C=O) groups is 1. The lowest BCUT2D eigenvalue weighted by Crippen LogP contribution is -2.53. The molecule has 0 aromatic heterocycles. The first kappa shape index (κ1) is 19.5. The third-order valence-electron chi connectivity index (χ3n) is 5.46. The zero-order chi connectivity index (χ0) is 19.4. The molecule has 0 saturated heterocycles. The molecular weight excluding hydrogens is 340 g/mol. The molecule has 5 heteroatoms. The summed E-state index contributed by atoms with van der Waals surface area (Å²) in [4.78, 5) is 15.0. The molecular formula is C22H30N2O3. The van der Waals surface area contributed by atoms with Crippen LogP contribution < -0.4 is 14.8 Å². The molecule has 0 radical (unpaired) electrons. The number of carbonyl (C=O) groups excluding carboxylic acids is 1. The highest BCUT2D eigenvalue weighted by Gasteiger charge is 2.29. The van der Waals surface area contributed by atoms with Gasteiger partial charge in [-0.15, -0.1) is 0 Å². The monoisotopic (exact) mass is 370 g/mol. The molecule has 0 bridgehead atoms. The maximum Gasteiger partial charge on any atom is 0.261 e. The van der Waals surface area contributed by atoms with Crippen molar-refractivity contribution in [2.45, 2.75) is 50.8 Å². The Balaban J connectivity index is 1.72. The molecule has 1 aliphatic rings. The molecule has 3 atom stereocenters. The lowest BCUT2D eigenvalue weighted by atomic mass is 9.89. The summed E-state index contributed by atoms with van der Waals surface area (Å²) in [5, 5.41) is 5.13. The number of methoxy groups -OCH3 is 1. The summed E-state index contributed by atoms with van der Waals surface area (Å²) in [6, 6.07) is 12.2. The molecule has 2 aromatic carbocycles. The van der Waals surface area contributed by atoms with Gasteiger partial charge in [0.25, 0.3) is 5.91 Å². The Morgan fingerprint density at radius 1 is 1.07 bits per heavy atom. The van der Waals surface area contributed by atoms with Gasteiger partial charge in [0.2, 0.25) is 0 Å². The van der Waals surface area contributed by atoms with E-state index >= 15 is 0 Å². The summed E-state index contributed by atoms with van der Waals surface area (Å²) < 4.78 is 11.5. The van der Waals surface area contributed by atoms with Gasteiger partial charge < -0.3 is 19.7 Å². The van der Waals surface area contributed by atoms with Crippen molar-refractivity contribution in [1.29, 1.82) is 0 Å². The molecule has 27 heavy (non-hydrogen) atoms. The average molecular weight is 370 g/mol. The molecule has 3 unspecified atom stereocenters. The largest absolute Gasteiger partial charge is 0.496 e. The smallest absolute Gasteiger partial charge is 0.261 e. The summed E-state index contributed by atoms with van der Waals surface area (Å²) in [5.41, 5.74) is 0. The van der Waals surface area contributed by atoms with Gasteiger partial charge in [0.15, 0.2) is 6.10 Å². The highest BCUT2D eigenvalue weighted by atomic mass is 16.5. The van der Waals surface area contributed by atoms with Gasteiger partial charge in [-0.2, -0.15) is 0 Å². The van der Waals surface area contributed by atoms with Crippen molar-refractivity contribution in [3.05, 3.63) is 36.4 Å². The van der Waals surface area contributed by atoms with Gasteiger partial charge in [0.1, 0.15) is 11.5 Å². The first-order valence-corrected chi connectivity index (χ1v) is 9.70. The van der Waals surface area contributed by atoms with Crippen molar-refractivity contribution in [2.24, 2.45) is 0 Å². The third-order valence-corrected chi connectivity index (χ3v) is 5.46. The van der Waals surface area contributed by atoms with Gasteiger partial charge in [-0.3, -0.25) is 4.79 Å². The fourth-order valence-electron chi connectivity index (χ4n) is 3.97. The highest BCUT2D eigenvalue weighted by Crippen LogP contribution is 2.33. The second-order valence-electron chi connectivity index (χ2n) is 7.50. The standard InChI is InChI=1S/C22H30N2O3/c1-15(22(25)23-18-11-7-8-12-19(18)24(2)3)27-21-14-13-20(26-4)16-9-5-6-10-17(16)21/h5-6,9-10,13-15,18-19H,7-8,11-12H2,1-4H3,(H,23,25). The van der Waals surface area contributed by atoms with Crippen molar-refractivity contribution in [3.8, 4) is 11.5 Å². The lowest BCUT2D eigenvalue weighted by Gasteiger charge is -2.37. The quantitative estimate of drug-likeness (QED) is 0.844. The van der Waals surface area contributed by atoms with E-state index in [9.17, 15) is 4.79 Å². The first-order valence-electron chi connectivity index (χ1n) is 9.70. The predicted molar refractivity (Wildman–Crippen MR) is 108 cm³/mol. The topological polar surface area (TPSA) is 50.8 Å². The number of nitrogens with zero attached hydrogens (tertiary/aromatic N) is 1. The van der Waals surface area contributed by atoms with E-state index in [0.29, 0.717) is 11.8 Å². The van der Waals surface area contributed by atoms with Crippen LogP contribution in [-0.4, -0.2) is 50.2 Å². The third kappa shape index (κ3) is 4.35. The Bertz CT molecular complexity index is 790. The molecule has 1 saturated carbocycles. The van der Waals surface area contributed by atoms with E-state index in [-0.39, 0.29) is 11.9 Å². The zero-order valence-corrected chi connectivity index (χ0v) is 16.7. The number of amides is 1. The number of nitrogens with one attached hydrogen (secondary N) is 1. The molecule has 5 nitrogen and oxygen atoms in total. The number of hydrogen-bond donors (Lipinski definition) is 1. The summed E-state index contributed by atoms with van der Waals surface area (Å²) in [5.74, 6) is 1.43. The summed E-state index contributed by atoms with van der Waals surface area (Å²) >= 11 is 0. The Hall–Kier alpha value is -2.27. The van der Waals surface area contributed by atoms with E-state index in [4.69, 9.17) is 9.47 Å². The second-order valence-corrected chi connectivity index (χ2v) is 7.50. The van der Waals surface area contributed by atoms with Crippen molar-refractivity contribution < 1.29 is 14.3 Å². The first-order chi connectivity index (χ1) is 13.0. The molecule has 0 spiro atoms. The molecule has 1 fully saturated rings. The van der Waals surface area contributed by atoms with Gasteiger partial charge in [0, 0.05) is 22.9 Å². The van der Waals surface area contributed by atoms with Crippen LogP contribution in [0.25, 0.3) is 10.8 Å². The van der Waals surface area contributed by atoms with E-state index in [0.717, 1.165) is 35.8 Å². The summed E-state index contributed by atoms with van der Waals surface area (Å²) in [6.45, 7) is 1.81. The summed E-state index contributed by atoms with van der Waals surface area (Å²) in [7, 11) is 5.82. The molecule has 146 valence electrons. The maximum atomic E-state index is 12.8. The molecule has 0 heterocycles. The van der Waals surface area contributed by atoms with Crippen LogP contribution in [0.1, 0.15) is 32.6 Å². The van der Waals surface area contributed by atoms with E-state index in [1.165, 1.54) is 6.42 Å². The van der Waals surface area contributed by atoms with Gasteiger partial charge in [-0.1, -0.05) is 37.1 Å². The minimum atomic E-state index is -0.563. The van der Waals surface area contributed by atoms with Crippen molar-refractivity contribution in [1.82, 2.24) is 10.2 Å². The molecule has 1 amide bonds. The Morgan fingerprint density at radius 3 is 2.37 bits per heavy atom. The van der Waals surface area contributed by atoms with Crippen LogP contribution in [0.3, 0.4) is 0 Å². The van der Waals surface area contributed by atoms with Crippen LogP contribution in [0, 0.1) is 0 Å². The normalized spacial score (nSPS) is 21.1. The number of likely N-dealkylation sites (N-methyl/N-ethyl adjacent to an activating group) is 1. The van der Waals surface area contributed by atoms with Gasteiger partial charge in [0.05, 0.1) is 7.11 Å². The zero-order valence-electron chi connectivity index (χ0n) is 16.7. The number of benzene rings is 2. The minimum Gasteiger partial charge on any atom is -0.496 e. The molecule has 1 aliphatic carbocycles. The maximum absolute atomic E-state index is 12.8. The summed E-state index contributed by atoms with van der Waals surface area (Å²) in [6.07, 6.45) is 3.96. The van der Waals surface area contributed by atoms with Crippen molar-refractivity contribution in [2.75, 3.05) is 21.2 Å². The SMILES string of the molecule is COc1ccc(OC(C)C(=O)NC2CCCCC2N(C)C)c2ccccc12. The lowest BCUT2D eigenvalue weighted by molar-refractivity contribution is -0.128. The van der Waals surface area contributed by atoms with E-state index in [1.807, 2.05) is 43.3 Å². The molecule has 2 aromatic rings. The van der Waals surface area contributed by atoms with Crippen molar-refractivity contribution in [3.63, 3.8) is 0 Å². The van der Waals surface area contributed by atoms with Crippen LogP contribution in [0.5, 0.6) is 11.5 Å². The Labute approximate surface area is 161 Å². The highest BCUT2D eigenvalue weighted by molar-refractivity contribution is 5.93. The Morgan fingerprint density at radius 2 is 1.70 bits per heavy atom. The number of fused-ring (bicyclic) bond motifs is 1. The van der Waals surface area contributed by atoms with E-state index in [2.05, 4.69) is 24.3 Å². The average Bonchev–Trinajstić information content (AvgIpc) is 2.68. The van der Waals surface area contributed by atoms with E-state index < -0.39 is 6.10 Å². The van der Waals surface area contributed by atoms with E-state index in [1.54, 1.807) is 7.11 Å². The Kier molecular flexibility index (Phi) is 6.22. The van der Waals surface area contributed by atoms with Gasteiger partial charge in [-0.25, -0.2) is 0 Å².